The van der Waals surface area contributed by atoms with Gasteiger partial charge in [0.2, 0.25) is 0 Å². The van der Waals surface area contributed by atoms with Crippen LogP contribution in [0.5, 0.6) is 11.5 Å². The average molecular weight is 423 g/mol. The molecule has 1 unspecified atom stereocenters. The summed E-state index contributed by atoms with van der Waals surface area (Å²) in [5, 5.41) is 4.26. The first-order valence-electron chi connectivity index (χ1n) is 9.91. The number of likely N-dealkylation sites (tertiary alicyclic amines) is 1. The quantitative estimate of drug-likeness (QED) is 0.629. The lowest BCUT2D eigenvalue weighted by atomic mass is 10.0. The van der Waals surface area contributed by atoms with Crippen LogP contribution in [-0.2, 0) is 0 Å². The van der Waals surface area contributed by atoms with E-state index in [1.165, 1.54) is 36.4 Å². The highest BCUT2D eigenvalue weighted by atomic mass is 19.1. The molecule has 4 rings (SSSR count). The van der Waals surface area contributed by atoms with Crippen LogP contribution >= 0.6 is 0 Å². The molecule has 0 spiro atoms. The summed E-state index contributed by atoms with van der Waals surface area (Å²) in [5.41, 5.74) is 0.973. The van der Waals surface area contributed by atoms with Crippen LogP contribution < -0.4 is 15.0 Å². The number of hydrogen-bond donors (Lipinski definition) is 0. The second-order valence-corrected chi connectivity index (χ2v) is 7.21. The zero-order chi connectivity index (χ0) is 22.0. The lowest BCUT2D eigenvalue weighted by Crippen LogP contribution is -2.33. The van der Waals surface area contributed by atoms with Crippen LogP contribution in [0.15, 0.2) is 59.4 Å². The molecule has 0 radical (unpaired) electrons. The second-order valence-electron chi connectivity index (χ2n) is 7.21. The molecule has 0 saturated carbocycles. The number of rotatable bonds is 5. The molecule has 160 valence electrons. The summed E-state index contributed by atoms with van der Waals surface area (Å²) in [4.78, 5) is 27.4. The third-order valence-electron chi connectivity index (χ3n) is 5.40. The minimum atomic E-state index is -0.420. The standard InChI is InChI=1S/C23H22FN3O4/c1-30-17-9-11-21(31-2)18(14-17)20-4-3-13-26(20)23(29)19-10-12-22(28)27(25-19)16-7-5-15(24)6-8-16/h5-12,14,20H,3-4,13H2,1-2H3. The van der Waals surface area contributed by atoms with Gasteiger partial charge in [0.1, 0.15) is 23.0 Å². The molecule has 2 heterocycles. The van der Waals surface area contributed by atoms with Crippen molar-refractivity contribution in [1.82, 2.24) is 14.7 Å². The van der Waals surface area contributed by atoms with Crippen molar-refractivity contribution in [3.63, 3.8) is 0 Å². The molecule has 3 aromatic rings. The van der Waals surface area contributed by atoms with E-state index in [9.17, 15) is 14.0 Å². The molecule has 31 heavy (non-hydrogen) atoms. The SMILES string of the molecule is COc1ccc(OC)c(C2CCCN2C(=O)c2ccc(=O)n(-c3ccc(F)cc3)n2)c1. The van der Waals surface area contributed by atoms with Gasteiger partial charge in [-0.1, -0.05) is 0 Å². The molecule has 1 saturated heterocycles. The first kappa shape index (κ1) is 20.6. The van der Waals surface area contributed by atoms with E-state index in [0.717, 1.165) is 23.1 Å². The lowest BCUT2D eigenvalue weighted by molar-refractivity contribution is 0.0726. The van der Waals surface area contributed by atoms with Crippen LogP contribution in [0.2, 0.25) is 0 Å². The molecule has 0 bridgehead atoms. The van der Waals surface area contributed by atoms with Crippen molar-refractivity contribution < 1.29 is 18.7 Å². The Morgan fingerprint density at radius 3 is 2.55 bits per heavy atom. The van der Waals surface area contributed by atoms with E-state index in [4.69, 9.17) is 9.47 Å². The number of nitrogens with zero attached hydrogens (tertiary/aromatic N) is 3. The number of aromatic nitrogens is 2. The molecule has 1 amide bonds. The van der Waals surface area contributed by atoms with Crippen molar-refractivity contribution in [3.8, 4) is 17.2 Å². The van der Waals surface area contributed by atoms with E-state index in [1.807, 2.05) is 18.2 Å². The van der Waals surface area contributed by atoms with Gasteiger partial charge in [0, 0.05) is 18.2 Å². The van der Waals surface area contributed by atoms with Gasteiger partial charge in [-0.25, -0.2) is 4.39 Å². The van der Waals surface area contributed by atoms with E-state index in [1.54, 1.807) is 19.1 Å². The Labute approximate surface area is 178 Å². The van der Waals surface area contributed by atoms with Crippen LogP contribution in [0.3, 0.4) is 0 Å². The molecule has 7 nitrogen and oxygen atoms in total. The summed E-state index contributed by atoms with van der Waals surface area (Å²) in [6.45, 7) is 0.557. The normalized spacial score (nSPS) is 15.7. The molecule has 1 atom stereocenters. The van der Waals surface area contributed by atoms with Gasteiger partial charge in [0.15, 0.2) is 0 Å². The maximum absolute atomic E-state index is 13.3. The first-order valence-corrected chi connectivity index (χ1v) is 9.91. The fraction of sp³-hybridized carbons (Fsp3) is 0.261. The Hall–Kier alpha value is -3.68. The van der Waals surface area contributed by atoms with Gasteiger partial charge >= 0.3 is 0 Å². The molecule has 1 aliphatic rings. The maximum atomic E-state index is 13.3. The molecule has 0 aliphatic carbocycles. The number of halogens is 1. The van der Waals surface area contributed by atoms with Gasteiger partial charge in [0.05, 0.1) is 25.9 Å². The summed E-state index contributed by atoms with van der Waals surface area (Å²) in [6, 6.07) is 13.4. The highest BCUT2D eigenvalue weighted by Gasteiger charge is 2.33. The highest BCUT2D eigenvalue weighted by Crippen LogP contribution is 2.39. The fourth-order valence-corrected chi connectivity index (χ4v) is 3.87. The molecule has 1 aliphatic heterocycles. The number of methoxy groups -OCH3 is 2. The van der Waals surface area contributed by atoms with E-state index in [2.05, 4.69) is 5.10 Å². The number of benzene rings is 2. The Morgan fingerprint density at radius 2 is 1.84 bits per heavy atom. The molecule has 8 heteroatoms. The van der Waals surface area contributed by atoms with Crippen molar-refractivity contribution >= 4 is 5.91 Å². The predicted molar refractivity (Wildman–Crippen MR) is 112 cm³/mol. The van der Waals surface area contributed by atoms with Gasteiger partial charge in [-0.05, 0) is 61.4 Å². The average Bonchev–Trinajstić information content (AvgIpc) is 3.29. The van der Waals surface area contributed by atoms with Gasteiger partial charge in [-0.3, -0.25) is 9.59 Å². The topological polar surface area (TPSA) is 73.7 Å². The fourth-order valence-electron chi connectivity index (χ4n) is 3.87. The van der Waals surface area contributed by atoms with Crippen molar-refractivity contribution in [2.24, 2.45) is 0 Å². The second kappa shape index (κ2) is 8.59. The van der Waals surface area contributed by atoms with Crippen LogP contribution in [0.4, 0.5) is 4.39 Å². The van der Waals surface area contributed by atoms with Crippen LogP contribution in [0.1, 0.15) is 34.9 Å². The number of amides is 1. The summed E-state index contributed by atoms with van der Waals surface area (Å²) >= 11 is 0. The van der Waals surface area contributed by atoms with Crippen molar-refractivity contribution in [2.45, 2.75) is 18.9 Å². The van der Waals surface area contributed by atoms with E-state index in [0.29, 0.717) is 23.7 Å². The number of ether oxygens (including phenoxy) is 2. The summed E-state index contributed by atoms with van der Waals surface area (Å²) in [5.74, 6) is 0.646. The van der Waals surface area contributed by atoms with Crippen LogP contribution in [0.25, 0.3) is 5.69 Å². The summed E-state index contributed by atoms with van der Waals surface area (Å²) in [7, 11) is 3.18. The minimum absolute atomic E-state index is 0.137. The van der Waals surface area contributed by atoms with Crippen molar-refractivity contribution in [2.75, 3.05) is 20.8 Å². The Kier molecular flexibility index (Phi) is 5.70. The number of carbonyl (C=O) groups excluding carboxylic acids is 1. The van der Waals surface area contributed by atoms with Gasteiger partial charge in [0.25, 0.3) is 11.5 Å². The van der Waals surface area contributed by atoms with Gasteiger partial charge in [-0.15, -0.1) is 0 Å². The smallest absolute Gasteiger partial charge is 0.274 e. The summed E-state index contributed by atoms with van der Waals surface area (Å²) in [6.07, 6.45) is 1.60. The third kappa shape index (κ3) is 4.01. The lowest BCUT2D eigenvalue weighted by Gasteiger charge is -2.26. The first-order chi connectivity index (χ1) is 15.0. The van der Waals surface area contributed by atoms with Gasteiger partial charge < -0.3 is 14.4 Å². The molecular formula is C23H22FN3O4. The Bertz CT molecular complexity index is 1160. The number of hydrogen-bond acceptors (Lipinski definition) is 5. The molecule has 1 aromatic heterocycles. The van der Waals surface area contributed by atoms with E-state index in [-0.39, 0.29) is 17.6 Å². The zero-order valence-electron chi connectivity index (χ0n) is 17.2. The van der Waals surface area contributed by atoms with Gasteiger partial charge in [-0.2, -0.15) is 9.78 Å². The van der Waals surface area contributed by atoms with Crippen LogP contribution in [-0.4, -0.2) is 41.4 Å². The highest BCUT2D eigenvalue weighted by molar-refractivity contribution is 5.92. The number of carbonyl (C=O) groups is 1. The van der Waals surface area contributed by atoms with E-state index >= 15 is 0 Å². The zero-order valence-corrected chi connectivity index (χ0v) is 17.2. The third-order valence-corrected chi connectivity index (χ3v) is 5.40. The van der Waals surface area contributed by atoms with Crippen molar-refractivity contribution in [1.29, 1.82) is 0 Å². The predicted octanol–water partition coefficient (Wildman–Crippen LogP) is 3.37. The monoisotopic (exact) mass is 423 g/mol. The summed E-state index contributed by atoms with van der Waals surface area (Å²) < 4.78 is 25.2. The van der Waals surface area contributed by atoms with E-state index < -0.39 is 11.4 Å². The molecular weight excluding hydrogens is 401 g/mol. The van der Waals surface area contributed by atoms with Crippen LogP contribution in [0, 0.1) is 5.82 Å². The maximum Gasteiger partial charge on any atom is 0.274 e. The Balaban J connectivity index is 1.69. The molecule has 2 aromatic carbocycles. The molecule has 0 N–H and O–H groups in total. The Morgan fingerprint density at radius 1 is 1.06 bits per heavy atom. The molecule has 1 fully saturated rings. The largest absolute Gasteiger partial charge is 0.497 e. The van der Waals surface area contributed by atoms with Crippen molar-refractivity contribution in [3.05, 3.63) is 82.0 Å². The minimum Gasteiger partial charge on any atom is -0.497 e.